The largest absolute Gasteiger partial charge is 0.466 e. The van der Waals surface area contributed by atoms with Gasteiger partial charge in [-0.1, -0.05) is 11.8 Å². The van der Waals surface area contributed by atoms with E-state index in [0.717, 1.165) is 0 Å². The monoisotopic (exact) mass is 286 g/mol. The molecule has 2 aromatic rings. The van der Waals surface area contributed by atoms with Gasteiger partial charge in [0.1, 0.15) is 17.3 Å². The Hall–Kier alpha value is -2.58. The van der Waals surface area contributed by atoms with Crippen LogP contribution < -0.4 is 11.1 Å². The van der Waals surface area contributed by atoms with Crippen molar-refractivity contribution in [2.45, 2.75) is 13.8 Å². The van der Waals surface area contributed by atoms with Crippen LogP contribution >= 0.6 is 0 Å². The van der Waals surface area contributed by atoms with E-state index >= 15 is 0 Å². The van der Waals surface area contributed by atoms with Crippen LogP contribution in [-0.4, -0.2) is 12.5 Å². The van der Waals surface area contributed by atoms with Crippen molar-refractivity contribution in [1.82, 2.24) is 0 Å². The van der Waals surface area contributed by atoms with Crippen LogP contribution in [0.25, 0.3) is 0 Å². The Bertz CT molecular complexity index is 738. The lowest BCUT2D eigenvalue weighted by atomic mass is 10.1. The zero-order valence-corrected chi connectivity index (χ0v) is 11.8. The minimum absolute atomic E-state index is 0.142. The molecular formula is C16H15FN2O2. The van der Waals surface area contributed by atoms with Gasteiger partial charge >= 0.3 is 0 Å². The molecule has 0 aliphatic heterocycles. The first-order valence-corrected chi connectivity index (χ1v) is 6.38. The van der Waals surface area contributed by atoms with E-state index in [1.165, 1.54) is 18.2 Å². The summed E-state index contributed by atoms with van der Waals surface area (Å²) in [5.74, 6) is 5.63. The molecule has 0 aliphatic carbocycles. The Kier molecular flexibility index (Phi) is 4.41. The van der Waals surface area contributed by atoms with Gasteiger partial charge in [0.05, 0.1) is 17.7 Å². The lowest BCUT2D eigenvalue weighted by Gasteiger charge is -2.05. The summed E-state index contributed by atoms with van der Waals surface area (Å²) in [6.07, 6.45) is 0. The van der Waals surface area contributed by atoms with Crippen molar-refractivity contribution in [1.29, 1.82) is 0 Å². The normalized spacial score (nSPS) is 9.90. The molecule has 0 saturated heterocycles. The van der Waals surface area contributed by atoms with E-state index < -0.39 is 5.82 Å². The van der Waals surface area contributed by atoms with Crippen molar-refractivity contribution in [3.63, 3.8) is 0 Å². The number of nitrogens with two attached hydrogens (primary N) is 1. The lowest BCUT2D eigenvalue weighted by Crippen LogP contribution is -2.12. The number of rotatable bonds is 2. The molecule has 0 bridgehead atoms. The summed E-state index contributed by atoms with van der Waals surface area (Å²) in [4.78, 5) is 12.1. The summed E-state index contributed by atoms with van der Waals surface area (Å²) in [6.45, 7) is 3.62. The molecule has 1 heterocycles. The van der Waals surface area contributed by atoms with Gasteiger partial charge in [-0.05, 0) is 38.1 Å². The Morgan fingerprint density at radius 3 is 2.76 bits per heavy atom. The molecule has 0 aliphatic rings. The lowest BCUT2D eigenvalue weighted by molar-refractivity contribution is 0.102. The number of carbonyl (C=O) groups excluding carboxylic acids is 1. The number of benzene rings is 1. The van der Waals surface area contributed by atoms with Crippen molar-refractivity contribution in [3.05, 3.63) is 52.7 Å². The predicted octanol–water partition coefficient (Wildman–Crippen LogP) is 2.60. The third-order valence-electron chi connectivity index (χ3n) is 2.83. The van der Waals surface area contributed by atoms with E-state index in [4.69, 9.17) is 10.2 Å². The van der Waals surface area contributed by atoms with Gasteiger partial charge in [-0.15, -0.1) is 0 Å². The Morgan fingerprint density at radius 2 is 2.14 bits per heavy atom. The zero-order valence-electron chi connectivity index (χ0n) is 11.8. The highest BCUT2D eigenvalue weighted by Gasteiger charge is 2.14. The third-order valence-corrected chi connectivity index (χ3v) is 2.83. The number of hydrogen-bond acceptors (Lipinski definition) is 3. The summed E-state index contributed by atoms with van der Waals surface area (Å²) < 4.78 is 18.9. The van der Waals surface area contributed by atoms with Crippen LogP contribution in [0.3, 0.4) is 0 Å². The number of anilines is 1. The Morgan fingerprint density at radius 1 is 1.38 bits per heavy atom. The van der Waals surface area contributed by atoms with Gasteiger partial charge in [0.25, 0.3) is 5.91 Å². The first kappa shape index (κ1) is 14.8. The Labute approximate surface area is 122 Å². The van der Waals surface area contributed by atoms with Gasteiger partial charge in [-0.2, -0.15) is 0 Å². The van der Waals surface area contributed by atoms with Crippen molar-refractivity contribution < 1.29 is 13.6 Å². The zero-order chi connectivity index (χ0) is 15.4. The van der Waals surface area contributed by atoms with Crippen molar-refractivity contribution in [2.75, 3.05) is 11.9 Å². The second-order valence-corrected chi connectivity index (χ2v) is 4.48. The van der Waals surface area contributed by atoms with Crippen LogP contribution in [0.5, 0.6) is 0 Å². The summed E-state index contributed by atoms with van der Waals surface area (Å²) in [5, 5.41) is 2.69. The number of halogens is 1. The molecule has 5 heteroatoms. The second-order valence-electron chi connectivity index (χ2n) is 4.48. The van der Waals surface area contributed by atoms with Gasteiger partial charge in [0.2, 0.25) is 0 Å². The standard InChI is InChI=1S/C16H15FN2O2/c1-10-8-14(11(2)21-10)16(20)19-13-5-6-15(17)12(9-13)4-3-7-18/h5-6,8-9H,7,18H2,1-2H3,(H,19,20). The first-order chi connectivity index (χ1) is 10.0. The molecule has 0 spiro atoms. The third kappa shape index (κ3) is 3.50. The first-order valence-electron chi connectivity index (χ1n) is 6.38. The fourth-order valence-corrected chi connectivity index (χ4v) is 1.90. The maximum atomic E-state index is 13.5. The smallest absolute Gasteiger partial charge is 0.259 e. The fraction of sp³-hybridized carbons (Fsp3) is 0.188. The number of furan rings is 1. The highest BCUT2D eigenvalue weighted by atomic mass is 19.1. The molecule has 1 amide bonds. The van der Waals surface area contributed by atoms with Crippen molar-refractivity contribution in [3.8, 4) is 11.8 Å². The molecule has 0 unspecified atom stereocenters. The Balaban J connectivity index is 2.23. The summed E-state index contributed by atoms with van der Waals surface area (Å²) in [7, 11) is 0. The van der Waals surface area contributed by atoms with E-state index in [-0.39, 0.29) is 18.0 Å². The van der Waals surface area contributed by atoms with Crippen molar-refractivity contribution >= 4 is 11.6 Å². The minimum atomic E-state index is -0.454. The summed E-state index contributed by atoms with van der Waals surface area (Å²) >= 11 is 0. The fourth-order valence-electron chi connectivity index (χ4n) is 1.90. The average molecular weight is 286 g/mol. The topological polar surface area (TPSA) is 68.3 Å². The van der Waals surface area contributed by atoms with E-state index in [0.29, 0.717) is 22.8 Å². The highest BCUT2D eigenvalue weighted by Crippen LogP contribution is 2.18. The van der Waals surface area contributed by atoms with Gasteiger partial charge < -0.3 is 15.5 Å². The van der Waals surface area contributed by atoms with Gasteiger partial charge in [-0.25, -0.2) is 4.39 Å². The molecule has 108 valence electrons. The number of amides is 1. The van der Waals surface area contributed by atoms with Crippen molar-refractivity contribution in [2.24, 2.45) is 5.73 Å². The van der Waals surface area contributed by atoms with Crippen LogP contribution in [0.1, 0.15) is 27.4 Å². The molecular weight excluding hydrogens is 271 g/mol. The molecule has 0 radical (unpaired) electrons. The van der Waals surface area contributed by atoms with Crippen LogP contribution in [0.2, 0.25) is 0 Å². The molecule has 1 aromatic carbocycles. The summed E-state index contributed by atoms with van der Waals surface area (Å²) in [6, 6.07) is 5.86. The quantitative estimate of drug-likeness (QED) is 0.834. The minimum Gasteiger partial charge on any atom is -0.466 e. The van der Waals surface area contributed by atoms with E-state index in [1.54, 1.807) is 19.9 Å². The molecule has 0 saturated carbocycles. The van der Waals surface area contributed by atoms with E-state index in [1.807, 2.05) is 0 Å². The molecule has 0 atom stereocenters. The molecule has 21 heavy (non-hydrogen) atoms. The number of carbonyl (C=O) groups is 1. The predicted molar refractivity (Wildman–Crippen MR) is 78.5 cm³/mol. The molecule has 3 N–H and O–H groups in total. The highest BCUT2D eigenvalue weighted by molar-refractivity contribution is 6.05. The van der Waals surface area contributed by atoms with Crippen LogP contribution in [0.4, 0.5) is 10.1 Å². The molecule has 1 aromatic heterocycles. The maximum absolute atomic E-state index is 13.5. The van der Waals surface area contributed by atoms with E-state index in [2.05, 4.69) is 17.2 Å². The SMILES string of the molecule is Cc1cc(C(=O)Nc2ccc(F)c(C#CCN)c2)c(C)o1. The molecule has 2 rings (SSSR count). The maximum Gasteiger partial charge on any atom is 0.259 e. The van der Waals surface area contributed by atoms with Gasteiger partial charge in [0, 0.05) is 5.69 Å². The van der Waals surface area contributed by atoms with Gasteiger partial charge in [-0.3, -0.25) is 4.79 Å². The van der Waals surface area contributed by atoms with Crippen LogP contribution in [-0.2, 0) is 0 Å². The van der Waals surface area contributed by atoms with E-state index in [9.17, 15) is 9.18 Å². The summed E-state index contributed by atoms with van der Waals surface area (Å²) in [5.41, 5.74) is 6.37. The second kappa shape index (κ2) is 6.25. The van der Waals surface area contributed by atoms with Crippen LogP contribution in [0.15, 0.2) is 28.7 Å². The number of hydrogen-bond donors (Lipinski definition) is 2. The van der Waals surface area contributed by atoms with Gasteiger partial charge in [0.15, 0.2) is 0 Å². The molecule has 4 nitrogen and oxygen atoms in total. The number of nitrogens with one attached hydrogen (secondary N) is 1. The average Bonchev–Trinajstić information content (AvgIpc) is 2.78. The van der Waals surface area contributed by atoms with Crippen LogP contribution in [0, 0.1) is 31.5 Å². The number of aryl methyl sites for hydroxylation is 2. The molecule has 0 fully saturated rings.